The summed E-state index contributed by atoms with van der Waals surface area (Å²) in [5, 5.41) is 3.15. The molecule has 8 nitrogen and oxygen atoms in total. The Hall–Kier alpha value is -4.24. The second-order valence-corrected chi connectivity index (χ2v) is 8.89. The van der Waals surface area contributed by atoms with Gasteiger partial charge < -0.3 is 5.32 Å². The maximum Gasteiger partial charge on any atom is 0.295 e. The lowest BCUT2D eigenvalue weighted by molar-refractivity contribution is -0.116. The van der Waals surface area contributed by atoms with Crippen molar-refractivity contribution in [2.75, 3.05) is 5.32 Å². The van der Waals surface area contributed by atoms with Crippen LogP contribution in [0, 0.1) is 6.92 Å². The predicted molar refractivity (Wildman–Crippen MR) is 134 cm³/mol. The Labute approximate surface area is 198 Å². The van der Waals surface area contributed by atoms with Crippen molar-refractivity contribution in [3.8, 4) is 16.1 Å². The quantitative estimate of drug-likeness (QED) is 0.424. The lowest BCUT2D eigenvalue weighted by atomic mass is 10.2. The van der Waals surface area contributed by atoms with Crippen LogP contribution >= 0.6 is 11.3 Å². The summed E-state index contributed by atoms with van der Waals surface area (Å²) in [6.45, 7) is 1.50. The molecule has 0 aliphatic heterocycles. The third kappa shape index (κ3) is 3.75. The topological polar surface area (TPSA) is 90.9 Å². The van der Waals surface area contributed by atoms with Gasteiger partial charge >= 0.3 is 0 Å². The Bertz CT molecular complexity index is 1630. The van der Waals surface area contributed by atoms with E-state index in [-0.39, 0.29) is 23.4 Å². The monoisotopic (exact) mass is 471 g/mol. The molecule has 3 heterocycles. The number of fused-ring (bicyclic) bond motifs is 1. The molecular formula is C25H21N5O3S. The van der Waals surface area contributed by atoms with Crippen LogP contribution in [0.25, 0.3) is 26.3 Å². The molecule has 170 valence electrons. The van der Waals surface area contributed by atoms with Crippen LogP contribution in [0.3, 0.4) is 0 Å². The Morgan fingerprint density at radius 2 is 1.68 bits per heavy atom. The highest BCUT2D eigenvalue weighted by Crippen LogP contribution is 2.30. The number of aromatic nitrogens is 4. The van der Waals surface area contributed by atoms with Crippen LogP contribution < -0.4 is 16.4 Å². The smallest absolute Gasteiger partial charge is 0.295 e. The van der Waals surface area contributed by atoms with Crippen molar-refractivity contribution in [1.82, 2.24) is 18.9 Å². The maximum absolute atomic E-state index is 13.0. The summed E-state index contributed by atoms with van der Waals surface area (Å²) in [6, 6.07) is 20.7. The van der Waals surface area contributed by atoms with Crippen LogP contribution in [0.15, 0.2) is 82.6 Å². The second kappa shape index (κ2) is 8.60. The van der Waals surface area contributed by atoms with E-state index >= 15 is 0 Å². The Kier molecular flexibility index (Phi) is 5.46. The van der Waals surface area contributed by atoms with Crippen LogP contribution in [0.5, 0.6) is 0 Å². The molecule has 0 aliphatic rings. The molecule has 1 N–H and O–H groups in total. The number of amides is 1. The third-order valence-electron chi connectivity index (χ3n) is 5.71. The van der Waals surface area contributed by atoms with Crippen molar-refractivity contribution in [2.24, 2.45) is 7.05 Å². The van der Waals surface area contributed by atoms with Gasteiger partial charge in [0.15, 0.2) is 0 Å². The van der Waals surface area contributed by atoms with Gasteiger partial charge in [-0.3, -0.25) is 23.6 Å². The molecule has 3 aromatic heterocycles. The average molecular weight is 472 g/mol. The first-order valence-corrected chi connectivity index (χ1v) is 11.4. The molecule has 9 heteroatoms. The number of thiophene rings is 1. The van der Waals surface area contributed by atoms with E-state index in [1.165, 1.54) is 26.9 Å². The van der Waals surface area contributed by atoms with E-state index in [1.807, 2.05) is 60.7 Å². The number of rotatable bonds is 5. The van der Waals surface area contributed by atoms with Crippen molar-refractivity contribution in [3.05, 3.63) is 99.5 Å². The number of anilines is 1. The van der Waals surface area contributed by atoms with E-state index in [0.717, 1.165) is 10.4 Å². The highest BCUT2D eigenvalue weighted by Gasteiger charge is 2.19. The molecule has 0 fully saturated rings. The molecule has 0 saturated carbocycles. The molecule has 0 radical (unpaired) electrons. The zero-order valence-electron chi connectivity index (χ0n) is 18.6. The molecular weight excluding hydrogens is 450 g/mol. The lowest BCUT2D eigenvalue weighted by Gasteiger charge is -2.07. The van der Waals surface area contributed by atoms with Gasteiger partial charge in [-0.1, -0.05) is 48.5 Å². The maximum atomic E-state index is 13.0. The predicted octanol–water partition coefficient (Wildman–Crippen LogP) is 3.56. The minimum atomic E-state index is -0.479. The van der Waals surface area contributed by atoms with Crippen LogP contribution in [0.4, 0.5) is 5.69 Å². The highest BCUT2D eigenvalue weighted by molar-refractivity contribution is 7.21. The van der Waals surface area contributed by atoms with Crippen LogP contribution in [-0.4, -0.2) is 24.8 Å². The fraction of sp³-hybridized carbons (Fsp3) is 0.120. The van der Waals surface area contributed by atoms with Gasteiger partial charge in [-0.25, -0.2) is 9.67 Å². The Morgan fingerprint density at radius 3 is 2.38 bits per heavy atom. The number of hydrogen-bond acceptors (Lipinski definition) is 5. The molecule has 34 heavy (non-hydrogen) atoms. The zero-order chi connectivity index (χ0) is 23.8. The summed E-state index contributed by atoms with van der Waals surface area (Å²) in [7, 11) is 1.75. The van der Waals surface area contributed by atoms with E-state index in [9.17, 15) is 14.4 Å². The normalized spacial score (nSPS) is 11.1. The number of nitrogens with one attached hydrogen (secondary N) is 1. The van der Waals surface area contributed by atoms with Crippen LogP contribution in [-0.2, 0) is 18.4 Å². The summed E-state index contributed by atoms with van der Waals surface area (Å²) in [4.78, 5) is 44.8. The standard InChI is InChI=1S/C25H21N5O3S/c1-16-22(25(33)30(28(16)2)18-11-7-4-8-12-18)27-21(31)14-29-15-26-23-19(24(29)32)13-20(34-23)17-9-5-3-6-10-17/h3-13,15H,14H2,1-2H3,(H,27,31). The summed E-state index contributed by atoms with van der Waals surface area (Å²) in [5.41, 5.74) is 1.84. The summed E-state index contributed by atoms with van der Waals surface area (Å²) >= 11 is 1.43. The molecule has 2 aromatic carbocycles. The van der Waals surface area contributed by atoms with Gasteiger partial charge in [0, 0.05) is 11.9 Å². The van der Waals surface area contributed by atoms with Gasteiger partial charge in [0.1, 0.15) is 17.1 Å². The van der Waals surface area contributed by atoms with Crippen LogP contribution in [0.1, 0.15) is 5.69 Å². The fourth-order valence-electron chi connectivity index (χ4n) is 3.86. The largest absolute Gasteiger partial charge is 0.318 e. The van der Waals surface area contributed by atoms with E-state index in [4.69, 9.17) is 0 Å². The molecule has 0 unspecified atom stereocenters. The molecule has 0 spiro atoms. The molecule has 1 amide bonds. The molecule has 5 aromatic rings. The lowest BCUT2D eigenvalue weighted by Crippen LogP contribution is -2.29. The van der Waals surface area contributed by atoms with Crippen molar-refractivity contribution in [1.29, 1.82) is 0 Å². The first-order chi connectivity index (χ1) is 16.4. The van der Waals surface area contributed by atoms with E-state index in [2.05, 4.69) is 10.3 Å². The minimum Gasteiger partial charge on any atom is -0.318 e. The summed E-state index contributed by atoms with van der Waals surface area (Å²) in [5.74, 6) is -0.479. The van der Waals surface area contributed by atoms with Gasteiger partial charge in [0.05, 0.1) is 23.1 Å². The first kappa shape index (κ1) is 21.6. The number of carbonyl (C=O) groups is 1. The van der Waals surface area contributed by atoms with Gasteiger partial charge in [0.2, 0.25) is 5.91 Å². The zero-order valence-corrected chi connectivity index (χ0v) is 19.4. The van der Waals surface area contributed by atoms with Crippen molar-refractivity contribution < 1.29 is 4.79 Å². The second-order valence-electron chi connectivity index (χ2n) is 7.86. The molecule has 0 bridgehead atoms. The molecule has 5 rings (SSSR count). The number of para-hydroxylation sites is 1. The van der Waals surface area contributed by atoms with Crippen molar-refractivity contribution in [3.63, 3.8) is 0 Å². The average Bonchev–Trinajstić information content (AvgIpc) is 3.38. The van der Waals surface area contributed by atoms with Crippen molar-refractivity contribution in [2.45, 2.75) is 13.5 Å². The highest BCUT2D eigenvalue weighted by atomic mass is 32.1. The van der Waals surface area contributed by atoms with Crippen molar-refractivity contribution >= 4 is 33.1 Å². The van der Waals surface area contributed by atoms with E-state index in [1.54, 1.807) is 24.7 Å². The number of benzene rings is 2. The number of carbonyl (C=O) groups excluding carboxylic acids is 1. The minimum absolute atomic E-state index is 0.181. The fourth-order valence-corrected chi connectivity index (χ4v) is 4.86. The van der Waals surface area contributed by atoms with Gasteiger partial charge in [-0.05, 0) is 30.7 Å². The SMILES string of the molecule is Cc1c(NC(=O)Cn2cnc3sc(-c4ccccc4)cc3c2=O)c(=O)n(-c2ccccc2)n1C. The first-order valence-electron chi connectivity index (χ1n) is 10.6. The molecule has 0 atom stereocenters. The van der Waals surface area contributed by atoms with E-state index < -0.39 is 5.91 Å². The van der Waals surface area contributed by atoms with E-state index in [0.29, 0.717) is 21.6 Å². The van der Waals surface area contributed by atoms with Gasteiger partial charge in [-0.2, -0.15) is 0 Å². The summed E-state index contributed by atoms with van der Waals surface area (Å²) < 4.78 is 4.43. The number of nitrogens with zero attached hydrogens (tertiary/aromatic N) is 4. The molecule has 0 aliphatic carbocycles. The Morgan fingerprint density at radius 1 is 1.00 bits per heavy atom. The summed E-state index contributed by atoms with van der Waals surface area (Å²) in [6.07, 6.45) is 1.37. The van der Waals surface area contributed by atoms with Crippen LogP contribution in [0.2, 0.25) is 0 Å². The Balaban J connectivity index is 1.42. The van der Waals surface area contributed by atoms with Gasteiger partial charge in [-0.15, -0.1) is 11.3 Å². The van der Waals surface area contributed by atoms with Gasteiger partial charge in [0.25, 0.3) is 11.1 Å². The third-order valence-corrected chi connectivity index (χ3v) is 6.80. The molecule has 0 saturated heterocycles. The number of hydrogen-bond donors (Lipinski definition) is 1.